The third kappa shape index (κ3) is 3.78. The van der Waals surface area contributed by atoms with Gasteiger partial charge in [0, 0.05) is 6.42 Å². The largest absolute Gasteiger partial charge is 0.471 e. The van der Waals surface area contributed by atoms with Gasteiger partial charge in [0.25, 0.3) is 0 Å². The highest BCUT2D eigenvalue weighted by molar-refractivity contribution is 7.46. The molecule has 1 saturated heterocycles. The van der Waals surface area contributed by atoms with E-state index in [1.54, 1.807) is 0 Å². The molecule has 0 aliphatic carbocycles. The minimum absolute atomic E-state index is 0.275. The minimum Gasteiger partial charge on any atom is -0.394 e. The van der Waals surface area contributed by atoms with Crippen LogP contribution in [0.5, 0.6) is 0 Å². The maximum absolute atomic E-state index is 10.5. The lowest BCUT2D eigenvalue weighted by Crippen LogP contribution is -2.50. The highest BCUT2D eigenvalue weighted by Crippen LogP contribution is 2.40. The predicted octanol–water partition coefficient (Wildman–Crippen LogP) is -2.08. The van der Waals surface area contributed by atoms with Gasteiger partial charge in [0.05, 0.1) is 12.7 Å². The molecule has 1 rings (SSSR count). The highest BCUT2D eigenvalue weighted by Gasteiger charge is 2.39. The Morgan fingerprint density at radius 1 is 1.40 bits per heavy atom. The molecular weight excluding hydrogens is 231 g/mol. The highest BCUT2D eigenvalue weighted by atomic mass is 31.2. The zero-order valence-corrected chi connectivity index (χ0v) is 8.53. The van der Waals surface area contributed by atoms with Crippen LogP contribution in [-0.4, -0.2) is 56.3 Å². The number of phosphoric acid groups is 1. The van der Waals surface area contributed by atoms with E-state index in [1.807, 2.05) is 0 Å². The normalized spacial score (nSPS) is 37.9. The molecule has 0 saturated carbocycles. The summed E-state index contributed by atoms with van der Waals surface area (Å²) in [6.45, 7) is -0.584. The van der Waals surface area contributed by atoms with E-state index >= 15 is 0 Å². The lowest BCUT2D eigenvalue weighted by molar-refractivity contribution is -0.233. The topological polar surface area (TPSA) is 137 Å². The van der Waals surface area contributed by atoms with Crippen LogP contribution in [0.15, 0.2) is 0 Å². The van der Waals surface area contributed by atoms with Crippen molar-refractivity contribution in [3.63, 3.8) is 0 Å². The molecule has 0 aromatic rings. The van der Waals surface area contributed by atoms with Crippen molar-refractivity contribution < 1.29 is 38.9 Å². The van der Waals surface area contributed by atoms with Crippen molar-refractivity contribution in [2.75, 3.05) is 6.61 Å². The summed E-state index contributed by atoms with van der Waals surface area (Å²) < 4.78 is 19.5. The number of hydrogen-bond acceptors (Lipinski definition) is 6. The van der Waals surface area contributed by atoms with Gasteiger partial charge in [-0.05, 0) is 0 Å². The van der Waals surface area contributed by atoms with Crippen LogP contribution < -0.4 is 0 Å². The number of hydrogen-bond donors (Lipinski definition) is 5. The fraction of sp³-hybridized carbons (Fsp3) is 1.00. The van der Waals surface area contributed by atoms with Crippen molar-refractivity contribution in [1.82, 2.24) is 0 Å². The maximum Gasteiger partial charge on any atom is 0.471 e. The Morgan fingerprint density at radius 2 is 2.00 bits per heavy atom. The smallest absolute Gasteiger partial charge is 0.394 e. The Bertz CT molecular complexity index is 252. The van der Waals surface area contributed by atoms with Gasteiger partial charge in [-0.1, -0.05) is 0 Å². The summed E-state index contributed by atoms with van der Waals surface area (Å²) in [4.78, 5) is 17.0. The molecule has 8 nitrogen and oxygen atoms in total. The first-order valence-electron chi connectivity index (χ1n) is 4.20. The second-order valence-corrected chi connectivity index (χ2v) is 4.37. The number of rotatable bonds is 3. The molecule has 1 aliphatic rings. The summed E-state index contributed by atoms with van der Waals surface area (Å²) in [5.74, 6) is 0. The van der Waals surface area contributed by atoms with Crippen molar-refractivity contribution in [2.45, 2.75) is 31.0 Å². The van der Waals surface area contributed by atoms with E-state index in [9.17, 15) is 14.8 Å². The first kappa shape index (κ1) is 13.0. The van der Waals surface area contributed by atoms with Crippen LogP contribution in [0.4, 0.5) is 0 Å². The number of aliphatic hydroxyl groups is 3. The molecule has 5 N–H and O–H groups in total. The van der Waals surface area contributed by atoms with Crippen LogP contribution in [0.1, 0.15) is 6.42 Å². The predicted molar refractivity (Wildman–Crippen MR) is 45.5 cm³/mol. The number of aliphatic hydroxyl groups excluding tert-OH is 3. The Hall–Kier alpha value is -0.0500. The van der Waals surface area contributed by atoms with Gasteiger partial charge >= 0.3 is 7.82 Å². The molecule has 1 unspecified atom stereocenters. The molecule has 9 heteroatoms. The Labute approximate surface area is 85.3 Å². The van der Waals surface area contributed by atoms with Gasteiger partial charge in [-0.3, -0.25) is 4.52 Å². The minimum atomic E-state index is -4.72. The van der Waals surface area contributed by atoms with Gasteiger partial charge in [-0.2, -0.15) is 0 Å². The van der Waals surface area contributed by atoms with Crippen molar-refractivity contribution >= 4 is 7.82 Å². The molecule has 0 spiro atoms. The molecule has 0 aromatic carbocycles. The summed E-state index contributed by atoms with van der Waals surface area (Å²) in [6, 6.07) is 0. The van der Waals surface area contributed by atoms with Gasteiger partial charge in [-0.25, -0.2) is 4.57 Å². The molecule has 1 aliphatic heterocycles. The summed E-state index contributed by atoms with van der Waals surface area (Å²) >= 11 is 0. The standard InChI is InChI=1S/C6H13O8P/c7-2-4-6(9)3(8)1-5(13-4)14-15(10,11)12/h3-9H,1-2H2,(H2,10,11,12)/t3-,4-,5?,6+/m1/s1. The summed E-state index contributed by atoms with van der Waals surface area (Å²) in [5, 5.41) is 27.3. The summed E-state index contributed by atoms with van der Waals surface area (Å²) in [6.07, 6.45) is -5.30. The van der Waals surface area contributed by atoms with Crippen LogP contribution in [0, 0.1) is 0 Å². The Morgan fingerprint density at radius 3 is 2.47 bits per heavy atom. The Kier molecular flexibility index (Phi) is 4.21. The van der Waals surface area contributed by atoms with Crippen LogP contribution in [0.25, 0.3) is 0 Å². The second-order valence-electron chi connectivity index (χ2n) is 3.18. The van der Waals surface area contributed by atoms with E-state index in [2.05, 4.69) is 4.52 Å². The van der Waals surface area contributed by atoms with E-state index in [0.717, 1.165) is 0 Å². The van der Waals surface area contributed by atoms with Gasteiger partial charge in [0.2, 0.25) is 0 Å². The van der Waals surface area contributed by atoms with E-state index in [-0.39, 0.29) is 6.42 Å². The van der Waals surface area contributed by atoms with Crippen molar-refractivity contribution in [3.05, 3.63) is 0 Å². The quantitative estimate of drug-likeness (QED) is 0.357. The van der Waals surface area contributed by atoms with Crippen molar-refractivity contribution in [2.24, 2.45) is 0 Å². The molecule has 0 amide bonds. The van der Waals surface area contributed by atoms with E-state index in [4.69, 9.17) is 19.6 Å². The molecule has 0 aromatic heterocycles. The first-order valence-corrected chi connectivity index (χ1v) is 5.73. The van der Waals surface area contributed by atoms with Gasteiger partial charge < -0.3 is 29.8 Å². The Balaban J connectivity index is 2.59. The first-order chi connectivity index (χ1) is 6.83. The lowest BCUT2D eigenvalue weighted by atomic mass is 10.0. The number of ether oxygens (including phenoxy) is 1. The monoisotopic (exact) mass is 244 g/mol. The van der Waals surface area contributed by atoms with Crippen LogP contribution >= 0.6 is 7.82 Å². The molecule has 15 heavy (non-hydrogen) atoms. The molecule has 1 fully saturated rings. The zero-order chi connectivity index (χ0) is 11.6. The van der Waals surface area contributed by atoms with Crippen molar-refractivity contribution in [3.8, 4) is 0 Å². The van der Waals surface area contributed by atoms with Crippen LogP contribution in [0.2, 0.25) is 0 Å². The second kappa shape index (κ2) is 4.86. The van der Waals surface area contributed by atoms with E-state index < -0.39 is 39.0 Å². The fourth-order valence-corrected chi connectivity index (χ4v) is 1.73. The molecule has 0 bridgehead atoms. The van der Waals surface area contributed by atoms with Crippen LogP contribution in [-0.2, 0) is 13.8 Å². The zero-order valence-electron chi connectivity index (χ0n) is 7.63. The number of phosphoric ester groups is 1. The molecule has 4 atom stereocenters. The van der Waals surface area contributed by atoms with Crippen LogP contribution in [0.3, 0.4) is 0 Å². The fourth-order valence-electron chi connectivity index (χ4n) is 1.29. The van der Waals surface area contributed by atoms with E-state index in [1.165, 1.54) is 0 Å². The summed E-state index contributed by atoms with van der Waals surface area (Å²) in [5.41, 5.74) is 0. The SMILES string of the molecule is O=P(O)(O)OC1C[C@@H](O)[C@H](O)[C@@H](CO)O1. The van der Waals surface area contributed by atoms with Gasteiger partial charge in [0.1, 0.15) is 12.2 Å². The molecule has 90 valence electrons. The van der Waals surface area contributed by atoms with Gasteiger partial charge in [-0.15, -0.1) is 0 Å². The molecular formula is C6H13O8P. The third-order valence-corrected chi connectivity index (χ3v) is 2.48. The maximum atomic E-state index is 10.5. The third-order valence-electron chi connectivity index (χ3n) is 1.97. The van der Waals surface area contributed by atoms with E-state index in [0.29, 0.717) is 0 Å². The average molecular weight is 244 g/mol. The molecule has 1 heterocycles. The average Bonchev–Trinajstić information content (AvgIpc) is 2.08. The molecule has 0 radical (unpaired) electrons. The van der Waals surface area contributed by atoms with Gasteiger partial charge in [0.15, 0.2) is 6.29 Å². The summed E-state index contributed by atoms with van der Waals surface area (Å²) in [7, 11) is -4.72. The lowest BCUT2D eigenvalue weighted by Gasteiger charge is -2.35. The van der Waals surface area contributed by atoms with Crippen molar-refractivity contribution in [1.29, 1.82) is 0 Å².